The first-order valence-corrected chi connectivity index (χ1v) is 9.39. The van der Waals surface area contributed by atoms with Gasteiger partial charge in [0.15, 0.2) is 12.4 Å². The van der Waals surface area contributed by atoms with E-state index in [9.17, 15) is 9.90 Å². The first kappa shape index (κ1) is 21.4. The van der Waals surface area contributed by atoms with Crippen molar-refractivity contribution in [1.82, 2.24) is 0 Å². The Bertz CT molecular complexity index is 752. The van der Waals surface area contributed by atoms with Crippen molar-refractivity contribution in [2.75, 3.05) is 14.2 Å². The van der Waals surface area contributed by atoms with Crippen molar-refractivity contribution in [3.05, 3.63) is 71.8 Å². The van der Waals surface area contributed by atoms with E-state index in [0.717, 1.165) is 11.1 Å². The smallest absolute Gasteiger partial charge is 0.337 e. The second kappa shape index (κ2) is 10.5. The molecule has 1 aliphatic heterocycles. The summed E-state index contributed by atoms with van der Waals surface area (Å²) in [7, 11) is 2.68. The molecule has 0 bridgehead atoms. The summed E-state index contributed by atoms with van der Waals surface area (Å²) >= 11 is 0. The monoisotopic (exact) mass is 402 g/mol. The highest BCUT2D eigenvalue weighted by Crippen LogP contribution is 2.28. The number of aliphatic hydroxyl groups excluding tert-OH is 1. The number of methoxy groups -OCH3 is 2. The Morgan fingerprint density at radius 1 is 0.897 bits per heavy atom. The fourth-order valence-corrected chi connectivity index (χ4v) is 3.22. The van der Waals surface area contributed by atoms with Gasteiger partial charge < -0.3 is 28.8 Å². The summed E-state index contributed by atoms with van der Waals surface area (Å²) in [5.41, 5.74) is 1.88. The third-order valence-electron chi connectivity index (χ3n) is 4.76. The Labute approximate surface area is 170 Å². The molecule has 1 saturated heterocycles. The van der Waals surface area contributed by atoms with Gasteiger partial charge in [-0.1, -0.05) is 60.7 Å². The van der Waals surface area contributed by atoms with Crippen molar-refractivity contribution in [2.24, 2.45) is 0 Å². The van der Waals surface area contributed by atoms with Crippen molar-refractivity contribution < 1.29 is 33.6 Å². The van der Waals surface area contributed by atoms with Gasteiger partial charge in [0.2, 0.25) is 0 Å². The molecule has 1 fully saturated rings. The lowest BCUT2D eigenvalue weighted by atomic mass is 9.98. The van der Waals surface area contributed by atoms with Crippen LogP contribution in [0, 0.1) is 0 Å². The van der Waals surface area contributed by atoms with E-state index in [-0.39, 0.29) is 13.2 Å². The fourth-order valence-electron chi connectivity index (χ4n) is 3.22. The number of hydrogen-bond acceptors (Lipinski definition) is 7. The summed E-state index contributed by atoms with van der Waals surface area (Å²) < 4.78 is 27.8. The minimum absolute atomic E-state index is 0.234. The maximum absolute atomic E-state index is 12.1. The average Bonchev–Trinajstić information content (AvgIpc) is 2.77. The van der Waals surface area contributed by atoms with Crippen LogP contribution in [0.2, 0.25) is 0 Å². The zero-order valence-electron chi connectivity index (χ0n) is 16.5. The predicted molar refractivity (Wildman–Crippen MR) is 104 cm³/mol. The second-order valence-electron chi connectivity index (χ2n) is 6.70. The topological polar surface area (TPSA) is 83.5 Å². The molecule has 2 aromatic carbocycles. The van der Waals surface area contributed by atoms with Crippen molar-refractivity contribution in [3.8, 4) is 0 Å². The van der Waals surface area contributed by atoms with Crippen molar-refractivity contribution in [2.45, 2.75) is 43.9 Å². The summed E-state index contributed by atoms with van der Waals surface area (Å²) in [5, 5.41) is 10.8. The average molecular weight is 402 g/mol. The number of carbonyl (C=O) groups excluding carboxylic acids is 1. The van der Waals surface area contributed by atoms with Crippen molar-refractivity contribution in [1.29, 1.82) is 0 Å². The normalized spacial score (nSPS) is 26.8. The van der Waals surface area contributed by atoms with E-state index in [4.69, 9.17) is 23.7 Å². The highest BCUT2D eigenvalue weighted by Gasteiger charge is 2.50. The van der Waals surface area contributed by atoms with Crippen LogP contribution in [0.25, 0.3) is 0 Å². The van der Waals surface area contributed by atoms with Crippen LogP contribution in [0.1, 0.15) is 11.1 Å². The van der Waals surface area contributed by atoms with Gasteiger partial charge in [-0.05, 0) is 11.1 Å². The molecule has 2 aromatic rings. The lowest BCUT2D eigenvalue weighted by molar-refractivity contribution is -0.307. The third kappa shape index (κ3) is 5.41. The van der Waals surface area contributed by atoms with Gasteiger partial charge in [-0.2, -0.15) is 0 Å². The van der Waals surface area contributed by atoms with Crippen LogP contribution >= 0.6 is 0 Å². The van der Waals surface area contributed by atoms with E-state index in [1.807, 2.05) is 60.7 Å². The van der Waals surface area contributed by atoms with Gasteiger partial charge in [0.1, 0.15) is 18.3 Å². The van der Waals surface area contributed by atoms with Gasteiger partial charge in [0, 0.05) is 7.11 Å². The summed E-state index contributed by atoms with van der Waals surface area (Å²) in [4.78, 5) is 12.1. The van der Waals surface area contributed by atoms with E-state index in [0.29, 0.717) is 0 Å². The molecule has 1 heterocycles. The van der Waals surface area contributed by atoms with Crippen LogP contribution in [-0.4, -0.2) is 56.0 Å². The van der Waals surface area contributed by atoms with Gasteiger partial charge in [-0.15, -0.1) is 0 Å². The maximum atomic E-state index is 12.1. The summed E-state index contributed by atoms with van der Waals surface area (Å²) in [5.74, 6) is -0.700. The molecule has 0 aromatic heterocycles. The number of ether oxygens (including phenoxy) is 5. The zero-order chi connectivity index (χ0) is 20.6. The van der Waals surface area contributed by atoms with Crippen molar-refractivity contribution >= 4 is 5.97 Å². The molecule has 1 N–H and O–H groups in total. The second-order valence-corrected chi connectivity index (χ2v) is 6.70. The van der Waals surface area contributed by atoms with E-state index < -0.39 is 36.7 Å². The lowest BCUT2D eigenvalue weighted by Crippen LogP contribution is -2.61. The molecule has 0 saturated carbocycles. The molecule has 0 unspecified atom stereocenters. The van der Waals surface area contributed by atoms with Crippen LogP contribution in [0.5, 0.6) is 0 Å². The van der Waals surface area contributed by atoms with Crippen LogP contribution in [0.4, 0.5) is 0 Å². The van der Waals surface area contributed by atoms with Gasteiger partial charge in [0.25, 0.3) is 0 Å². The Balaban J connectivity index is 1.78. The molecule has 7 nitrogen and oxygen atoms in total. The standard InChI is InChI=1S/C22H26O7/c1-25-21(24)19-17(23)18(27-13-15-9-5-3-6-10-15)20(22(26-2)29-19)28-14-16-11-7-4-8-12-16/h3-12,17-20,22-23H,13-14H2,1-2H3/t17-,18+,19+,20-,22+/m1/s1. The number of esters is 1. The molecule has 156 valence electrons. The zero-order valence-corrected chi connectivity index (χ0v) is 16.5. The van der Waals surface area contributed by atoms with Crippen LogP contribution in [-0.2, 0) is 41.7 Å². The quantitative estimate of drug-likeness (QED) is 0.677. The van der Waals surface area contributed by atoms with E-state index in [1.165, 1.54) is 14.2 Å². The summed E-state index contributed by atoms with van der Waals surface area (Å²) in [6.07, 6.45) is -5.03. The Hall–Kier alpha value is -2.29. The van der Waals surface area contributed by atoms with Crippen LogP contribution < -0.4 is 0 Å². The van der Waals surface area contributed by atoms with E-state index in [2.05, 4.69) is 0 Å². The van der Waals surface area contributed by atoms with E-state index in [1.54, 1.807) is 0 Å². The molecule has 7 heteroatoms. The van der Waals surface area contributed by atoms with Crippen molar-refractivity contribution in [3.63, 3.8) is 0 Å². The van der Waals surface area contributed by atoms with E-state index >= 15 is 0 Å². The minimum Gasteiger partial charge on any atom is -0.467 e. The van der Waals surface area contributed by atoms with Gasteiger partial charge in [-0.3, -0.25) is 0 Å². The van der Waals surface area contributed by atoms with Crippen LogP contribution in [0.15, 0.2) is 60.7 Å². The summed E-state index contributed by atoms with van der Waals surface area (Å²) in [6, 6.07) is 19.1. The molecular weight excluding hydrogens is 376 g/mol. The fraction of sp³-hybridized carbons (Fsp3) is 0.409. The molecule has 5 atom stereocenters. The Morgan fingerprint density at radius 2 is 1.41 bits per heavy atom. The number of aliphatic hydroxyl groups is 1. The molecule has 0 aliphatic carbocycles. The maximum Gasteiger partial charge on any atom is 0.337 e. The molecule has 3 rings (SSSR count). The largest absolute Gasteiger partial charge is 0.467 e. The first-order valence-electron chi connectivity index (χ1n) is 9.39. The lowest BCUT2D eigenvalue weighted by Gasteiger charge is -2.42. The first-order chi connectivity index (χ1) is 14.1. The number of rotatable bonds is 8. The number of carbonyl (C=O) groups is 1. The molecular formula is C22H26O7. The molecule has 29 heavy (non-hydrogen) atoms. The summed E-state index contributed by atoms with van der Waals surface area (Å²) in [6.45, 7) is 0.508. The minimum atomic E-state index is -1.28. The molecule has 0 radical (unpaired) electrons. The van der Waals surface area contributed by atoms with Gasteiger partial charge >= 0.3 is 5.97 Å². The third-order valence-corrected chi connectivity index (χ3v) is 4.76. The highest BCUT2D eigenvalue weighted by atomic mass is 16.7. The molecule has 0 amide bonds. The highest BCUT2D eigenvalue weighted by molar-refractivity contribution is 5.75. The number of hydrogen-bond donors (Lipinski definition) is 1. The molecule has 1 aliphatic rings. The van der Waals surface area contributed by atoms with Crippen LogP contribution in [0.3, 0.4) is 0 Å². The Kier molecular flexibility index (Phi) is 7.74. The SMILES string of the molecule is COC(=O)[C@H]1O[C@H](OC)[C@H](OCc2ccccc2)[C@@H](OCc2ccccc2)[C@H]1O. The number of benzene rings is 2. The predicted octanol–water partition coefficient (Wildman–Crippen LogP) is 2.06. The van der Waals surface area contributed by atoms with Gasteiger partial charge in [0.05, 0.1) is 20.3 Å². The molecule has 0 spiro atoms. The van der Waals surface area contributed by atoms with Gasteiger partial charge in [-0.25, -0.2) is 4.79 Å². The Morgan fingerprint density at radius 3 is 1.90 bits per heavy atom.